The highest BCUT2D eigenvalue weighted by atomic mass is 16.4. The topological polar surface area (TPSA) is 92.4 Å². The first-order valence-electron chi connectivity index (χ1n) is 6.95. The molecule has 0 saturated heterocycles. The highest BCUT2D eigenvalue weighted by molar-refractivity contribution is 5.85. The van der Waals surface area contributed by atoms with Gasteiger partial charge in [-0.05, 0) is 23.3 Å². The predicted molar refractivity (Wildman–Crippen MR) is 84.3 cm³/mol. The molecular weight excluding hydrogens is 280 g/mol. The minimum atomic E-state index is -1.05. The third-order valence-corrected chi connectivity index (χ3v) is 3.26. The Labute approximate surface area is 128 Å². The molecule has 5 heteroatoms. The smallest absolute Gasteiger partial charge is 0.326 e. The highest BCUT2D eigenvalue weighted by Gasteiger charge is 2.20. The Balaban J connectivity index is 1.97. The van der Waals surface area contributed by atoms with E-state index in [1.165, 1.54) is 0 Å². The maximum atomic E-state index is 12.0. The predicted octanol–water partition coefficient (Wildman–Crippen LogP) is 1.62. The summed E-state index contributed by atoms with van der Waals surface area (Å²) in [5, 5.41) is 11.8. The lowest BCUT2D eigenvalue weighted by atomic mass is 10.1. The van der Waals surface area contributed by atoms with Gasteiger partial charge in [-0.1, -0.05) is 42.5 Å². The van der Waals surface area contributed by atoms with E-state index in [1.807, 2.05) is 30.3 Å². The van der Waals surface area contributed by atoms with Gasteiger partial charge < -0.3 is 16.2 Å². The molecule has 0 fully saturated rings. The zero-order valence-corrected chi connectivity index (χ0v) is 12.0. The van der Waals surface area contributed by atoms with Gasteiger partial charge in [0.1, 0.15) is 6.04 Å². The van der Waals surface area contributed by atoms with Gasteiger partial charge >= 0.3 is 5.97 Å². The van der Waals surface area contributed by atoms with E-state index in [9.17, 15) is 14.7 Å². The molecule has 1 amide bonds. The number of hydrogen-bond acceptors (Lipinski definition) is 3. The lowest BCUT2D eigenvalue weighted by Crippen LogP contribution is -2.43. The number of nitrogen functional groups attached to an aromatic ring is 1. The average Bonchev–Trinajstić information content (AvgIpc) is 2.50. The van der Waals surface area contributed by atoms with Crippen LogP contribution in [0.5, 0.6) is 0 Å². The van der Waals surface area contributed by atoms with E-state index in [-0.39, 0.29) is 18.7 Å². The Morgan fingerprint density at radius 2 is 1.64 bits per heavy atom. The number of carbonyl (C=O) groups excluding carboxylic acids is 1. The minimum absolute atomic E-state index is 0.124. The molecule has 1 unspecified atom stereocenters. The van der Waals surface area contributed by atoms with E-state index >= 15 is 0 Å². The number of hydrogen-bond donors (Lipinski definition) is 3. The van der Waals surface area contributed by atoms with Crippen molar-refractivity contribution in [3.8, 4) is 0 Å². The molecule has 0 bridgehead atoms. The average molecular weight is 298 g/mol. The van der Waals surface area contributed by atoms with Crippen LogP contribution >= 0.6 is 0 Å². The van der Waals surface area contributed by atoms with Crippen LogP contribution in [-0.2, 0) is 22.4 Å². The van der Waals surface area contributed by atoms with Gasteiger partial charge in [0.25, 0.3) is 0 Å². The van der Waals surface area contributed by atoms with Gasteiger partial charge in [-0.3, -0.25) is 4.79 Å². The summed E-state index contributed by atoms with van der Waals surface area (Å²) in [6.07, 6.45) is 0.377. The summed E-state index contributed by atoms with van der Waals surface area (Å²) in [7, 11) is 0. The number of benzene rings is 2. The van der Waals surface area contributed by atoms with Crippen molar-refractivity contribution in [2.24, 2.45) is 0 Å². The molecular formula is C17H18N2O3. The molecule has 0 aromatic heterocycles. The highest BCUT2D eigenvalue weighted by Crippen LogP contribution is 2.07. The van der Waals surface area contributed by atoms with Gasteiger partial charge in [-0.15, -0.1) is 0 Å². The largest absolute Gasteiger partial charge is 0.480 e. The Kier molecular flexibility index (Phi) is 5.14. The fraction of sp³-hybridized carbons (Fsp3) is 0.176. The van der Waals surface area contributed by atoms with Gasteiger partial charge in [0.05, 0.1) is 6.42 Å². The molecule has 0 saturated carbocycles. The van der Waals surface area contributed by atoms with Gasteiger partial charge in [0.15, 0.2) is 0 Å². The molecule has 2 rings (SSSR count). The maximum Gasteiger partial charge on any atom is 0.326 e. The summed E-state index contributed by atoms with van der Waals surface area (Å²) >= 11 is 0. The fourth-order valence-electron chi connectivity index (χ4n) is 2.12. The van der Waals surface area contributed by atoms with Gasteiger partial charge in [0.2, 0.25) is 5.91 Å². The fourth-order valence-corrected chi connectivity index (χ4v) is 2.12. The Hall–Kier alpha value is -2.82. The lowest BCUT2D eigenvalue weighted by Gasteiger charge is -2.14. The first kappa shape index (κ1) is 15.6. The van der Waals surface area contributed by atoms with Crippen LogP contribution in [-0.4, -0.2) is 23.0 Å². The molecule has 0 heterocycles. The number of carboxylic acids is 1. The molecule has 0 spiro atoms. The second-order valence-electron chi connectivity index (χ2n) is 5.07. The van der Waals surface area contributed by atoms with Crippen LogP contribution in [0.1, 0.15) is 11.1 Å². The molecule has 2 aromatic carbocycles. The standard InChI is InChI=1S/C17H18N2O3/c18-14-8-6-13(7-9-14)11-16(20)19-15(17(21)22)10-12-4-2-1-3-5-12/h1-9,15H,10-11,18H2,(H,19,20)(H,21,22). The van der Waals surface area contributed by atoms with Crippen molar-refractivity contribution in [3.05, 3.63) is 65.7 Å². The molecule has 0 aliphatic carbocycles. The number of amides is 1. The summed E-state index contributed by atoms with van der Waals surface area (Å²) in [6.45, 7) is 0. The zero-order chi connectivity index (χ0) is 15.9. The SMILES string of the molecule is Nc1ccc(CC(=O)NC(Cc2ccccc2)C(=O)O)cc1. The second kappa shape index (κ2) is 7.26. The number of carbonyl (C=O) groups is 2. The molecule has 4 N–H and O–H groups in total. The molecule has 5 nitrogen and oxygen atoms in total. The molecule has 2 aromatic rings. The first-order valence-corrected chi connectivity index (χ1v) is 6.95. The number of aliphatic carboxylic acids is 1. The van der Waals surface area contributed by atoms with Crippen LogP contribution in [0.3, 0.4) is 0 Å². The normalized spacial score (nSPS) is 11.6. The van der Waals surface area contributed by atoms with Crippen molar-refractivity contribution in [1.29, 1.82) is 0 Å². The number of carboxylic acid groups (broad SMARTS) is 1. The van der Waals surface area contributed by atoms with Gasteiger partial charge in [-0.25, -0.2) is 4.79 Å². The van der Waals surface area contributed by atoms with E-state index in [0.29, 0.717) is 5.69 Å². The van der Waals surface area contributed by atoms with Crippen LogP contribution in [0.25, 0.3) is 0 Å². The molecule has 114 valence electrons. The number of nitrogens with one attached hydrogen (secondary N) is 1. The van der Waals surface area contributed by atoms with Crippen molar-refractivity contribution in [2.45, 2.75) is 18.9 Å². The van der Waals surface area contributed by atoms with Gasteiger partial charge in [0, 0.05) is 12.1 Å². The van der Waals surface area contributed by atoms with E-state index in [2.05, 4.69) is 5.32 Å². The summed E-state index contributed by atoms with van der Waals surface area (Å²) in [5.74, 6) is -1.37. The maximum absolute atomic E-state index is 12.0. The number of nitrogens with two attached hydrogens (primary N) is 1. The summed E-state index contributed by atoms with van der Waals surface area (Å²) < 4.78 is 0. The Bertz CT molecular complexity index is 639. The summed E-state index contributed by atoms with van der Waals surface area (Å²) in [4.78, 5) is 23.3. The van der Waals surface area contributed by atoms with Crippen LogP contribution in [0.2, 0.25) is 0 Å². The lowest BCUT2D eigenvalue weighted by molar-refractivity contribution is -0.141. The number of anilines is 1. The molecule has 0 aliphatic heterocycles. The van der Waals surface area contributed by atoms with Crippen LogP contribution in [0.4, 0.5) is 5.69 Å². The molecule has 1 atom stereocenters. The van der Waals surface area contributed by atoms with Crippen molar-refractivity contribution in [2.75, 3.05) is 5.73 Å². The summed E-state index contributed by atoms with van der Waals surface area (Å²) in [5.41, 5.74) is 7.86. The third-order valence-electron chi connectivity index (χ3n) is 3.26. The van der Waals surface area contributed by atoms with Crippen LogP contribution in [0, 0.1) is 0 Å². The Morgan fingerprint density at radius 1 is 1.00 bits per heavy atom. The second-order valence-corrected chi connectivity index (χ2v) is 5.07. The van der Waals surface area contributed by atoms with E-state index in [0.717, 1.165) is 11.1 Å². The van der Waals surface area contributed by atoms with Crippen molar-refractivity contribution < 1.29 is 14.7 Å². The third kappa shape index (κ3) is 4.63. The van der Waals surface area contributed by atoms with E-state index < -0.39 is 12.0 Å². The van der Waals surface area contributed by atoms with Crippen molar-refractivity contribution >= 4 is 17.6 Å². The monoisotopic (exact) mass is 298 g/mol. The number of rotatable bonds is 6. The first-order chi connectivity index (χ1) is 10.5. The quantitative estimate of drug-likeness (QED) is 0.707. The minimum Gasteiger partial charge on any atom is -0.480 e. The van der Waals surface area contributed by atoms with Gasteiger partial charge in [-0.2, -0.15) is 0 Å². The van der Waals surface area contributed by atoms with Crippen molar-refractivity contribution in [1.82, 2.24) is 5.32 Å². The van der Waals surface area contributed by atoms with E-state index in [1.54, 1.807) is 24.3 Å². The summed E-state index contributed by atoms with van der Waals surface area (Å²) in [6, 6.07) is 15.2. The van der Waals surface area contributed by atoms with Crippen LogP contribution < -0.4 is 11.1 Å². The molecule has 0 aliphatic rings. The van der Waals surface area contributed by atoms with E-state index in [4.69, 9.17) is 5.73 Å². The van der Waals surface area contributed by atoms with Crippen LogP contribution in [0.15, 0.2) is 54.6 Å². The molecule has 22 heavy (non-hydrogen) atoms. The van der Waals surface area contributed by atoms with Crippen molar-refractivity contribution in [3.63, 3.8) is 0 Å². The molecule has 0 radical (unpaired) electrons. The Morgan fingerprint density at radius 3 is 2.23 bits per heavy atom. The zero-order valence-electron chi connectivity index (χ0n) is 12.0.